The number of amides is 1. The molecule has 3 aromatic rings. The highest BCUT2D eigenvalue weighted by atomic mass is 16.5. The van der Waals surface area contributed by atoms with Crippen LogP contribution in [0.25, 0.3) is 11.0 Å². The van der Waals surface area contributed by atoms with E-state index in [1.54, 1.807) is 30.2 Å². The largest absolute Gasteiger partial charge is 0.504 e. The SMILES string of the molecule is CCOc1cc(C2c3c(oc4cc(C)cc(C)c4c3=O)C(=O)N2CCCOC)ccc1O. The Kier molecular flexibility index (Phi) is 5.93. The molecule has 1 N–H and O–H groups in total. The van der Waals surface area contributed by atoms with Crippen molar-refractivity contribution in [2.45, 2.75) is 33.2 Å². The summed E-state index contributed by atoms with van der Waals surface area (Å²) < 4.78 is 16.8. The van der Waals surface area contributed by atoms with E-state index in [4.69, 9.17) is 13.9 Å². The van der Waals surface area contributed by atoms with Gasteiger partial charge in [0, 0.05) is 20.3 Å². The second kappa shape index (κ2) is 8.67. The highest BCUT2D eigenvalue weighted by molar-refractivity contribution is 5.99. The molecule has 1 unspecified atom stereocenters. The molecular formula is C25H27NO6. The van der Waals surface area contributed by atoms with Crippen LogP contribution in [0.15, 0.2) is 39.5 Å². The van der Waals surface area contributed by atoms with Crippen LogP contribution in [0.1, 0.15) is 52.2 Å². The number of phenolic OH excluding ortho intramolecular Hbond substituents is 1. The van der Waals surface area contributed by atoms with Gasteiger partial charge in [-0.1, -0.05) is 12.1 Å². The number of phenols is 1. The molecule has 7 heteroatoms. The number of carbonyl (C=O) groups excluding carboxylic acids is 1. The normalized spacial score (nSPS) is 15.4. The Morgan fingerprint density at radius 1 is 1.16 bits per heavy atom. The highest BCUT2D eigenvalue weighted by Gasteiger charge is 2.42. The van der Waals surface area contributed by atoms with E-state index in [0.717, 1.165) is 11.1 Å². The van der Waals surface area contributed by atoms with Gasteiger partial charge >= 0.3 is 0 Å². The van der Waals surface area contributed by atoms with Crippen LogP contribution in [0.5, 0.6) is 11.5 Å². The van der Waals surface area contributed by atoms with Crippen LogP contribution in [0, 0.1) is 13.8 Å². The fourth-order valence-corrected chi connectivity index (χ4v) is 4.44. The Balaban J connectivity index is 1.95. The van der Waals surface area contributed by atoms with Crippen molar-refractivity contribution in [3.8, 4) is 11.5 Å². The lowest BCUT2D eigenvalue weighted by molar-refractivity contribution is 0.0707. The number of aromatic hydroxyl groups is 1. The van der Waals surface area contributed by atoms with Crippen molar-refractivity contribution >= 4 is 16.9 Å². The molecule has 0 saturated carbocycles. The number of nitrogens with zero attached hydrogens (tertiary/aromatic N) is 1. The lowest BCUT2D eigenvalue weighted by atomic mass is 9.96. The Hall–Kier alpha value is -3.32. The fraction of sp³-hybridized carbons (Fsp3) is 0.360. The van der Waals surface area contributed by atoms with Gasteiger partial charge in [-0.25, -0.2) is 0 Å². The van der Waals surface area contributed by atoms with Crippen molar-refractivity contribution in [1.29, 1.82) is 0 Å². The number of benzene rings is 2. The van der Waals surface area contributed by atoms with Crippen molar-refractivity contribution in [3.05, 3.63) is 68.6 Å². The molecule has 1 aromatic heterocycles. The smallest absolute Gasteiger partial charge is 0.290 e. The second-order valence-corrected chi connectivity index (χ2v) is 8.04. The Morgan fingerprint density at radius 3 is 2.66 bits per heavy atom. The third kappa shape index (κ3) is 3.62. The van der Waals surface area contributed by atoms with Gasteiger partial charge < -0.3 is 23.9 Å². The van der Waals surface area contributed by atoms with Gasteiger partial charge in [0.2, 0.25) is 5.76 Å². The van der Waals surface area contributed by atoms with Gasteiger partial charge in [-0.2, -0.15) is 0 Å². The van der Waals surface area contributed by atoms with Crippen LogP contribution in [-0.4, -0.2) is 42.8 Å². The summed E-state index contributed by atoms with van der Waals surface area (Å²) in [6.07, 6.45) is 0.606. The zero-order chi connectivity index (χ0) is 23.0. The first-order valence-electron chi connectivity index (χ1n) is 10.7. The maximum Gasteiger partial charge on any atom is 0.290 e. The van der Waals surface area contributed by atoms with Crippen molar-refractivity contribution in [1.82, 2.24) is 4.90 Å². The van der Waals surface area contributed by atoms with Crippen LogP contribution in [-0.2, 0) is 4.74 Å². The zero-order valence-electron chi connectivity index (χ0n) is 18.7. The van der Waals surface area contributed by atoms with Crippen LogP contribution in [0.3, 0.4) is 0 Å². The molecule has 0 spiro atoms. The number of methoxy groups -OCH3 is 1. The molecule has 0 bridgehead atoms. The van der Waals surface area contributed by atoms with Gasteiger partial charge in [0.15, 0.2) is 16.9 Å². The Labute approximate surface area is 186 Å². The minimum absolute atomic E-state index is 0.00273. The summed E-state index contributed by atoms with van der Waals surface area (Å²) in [6.45, 7) is 6.86. The number of hydrogen-bond acceptors (Lipinski definition) is 6. The fourth-order valence-electron chi connectivity index (χ4n) is 4.44. The molecule has 1 aliphatic heterocycles. The minimum Gasteiger partial charge on any atom is -0.504 e. The van der Waals surface area contributed by atoms with E-state index in [-0.39, 0.29) is 22.8 Å². The predicted octanol–water partition coefficient (Wildman–Crippen LogP) is 4.10. The monoisotopic (exact) mass is 437 g/mol. The van der Waals surface area contributed by atoms with Gasteiger partial charge in [0.25, 0.3) is 5.91 Å². The van der Waals surface area contributed by atoms with Gasteiger partial charge in [0.05, 0.1) is 23.6 Å². The average molecular weight is 437 g/mol. The molecular weight excluding hydrogens is 410 g/mol. The maximum atomic E-state index is 13.7. The number of hydrogen-bond donors (Lipinski definition) is 1. The van der Waals surface area contributed by atoms with E-state index in [0.29, 0.717) is 54.0 Å². The summed E-state index contributed by atoms with van der Waals surface area (Å²) in [6, 6.07) is 7.99. The molecule has 0 fully saturated rings. The third-order valence-corrected chi connectivity index (χ3v) is 5.76. The summed E-state index contributed by atoms with van der Waals surface area (Å²) in [5.74, 6) is 0.0499. The molecule has 0 saturated heterocycles. The summed E-state index contributed by atoms with van der Waals surface area (Å²) in [5, 5.41) is 10.6. The van der Waals surface area contributed by atoms with Crippen molar-refractivity contribution in [2.75, 3.05) is 26.9 Å². The van der Waals surface area contributed by atoms with Crippen molar-refractivity contribution < 1.29 is 23.8 Å². The van der Waals surface area contributed by atoms with Crippen molar-refractivity contribution in [2.24, 2.45) is 0 Å². The number of aryl methyl sites for hydroxylation is 2. The molecule has 2 heterocycles. The van der Waals surface area contributed by atoms with Crippen LogP contribution in [0.2, 0.25) is 0 Å². The van der Waals surface area contributed by atoms with Crippen LogP contribution < -0.4 is 10.2 Å². The standard InChI is InChI=1S/C25H27NO6/c1-5-31-18-13-16(7-8-17(18)27)22-21-23(28)20-15(3)11-14(2)12-19(20)32-24(21)25(29)26(22)9-6-10-30-4/h7-8,11-13,22,27H,5-6,9-10H2,1-4H3. The molecule has 2 aromatic carbocycles. The summed E-state index contributed by atoms with van der Waals surface area (Å²) in [7, 11) is 1.61. The molecule has 0 aliphatic carbocycles. The topological polar surface area (TPSA) is 89.2 Å². The first-order chi connectivity index (χ1) is 15.4. The first-order valence-corrected chi connectivity index (χ1v) is 10.7. The van der Waals surface area contributed by atoms with E-state index in [1.165, 1.54) is 6.07 Å². The molecule has 1 aliphatic rings. The summed E-state index contributed by atoms with van der Waals surface area (Å²) in [4.78, 5) is 28.7. The molecule has 168 valence electrons. The number of carbonyl (C=O) groups is 1. The molecule has 0 radical (unpaired) electrons. The molecule has 4 rings (SSSR count). The van der Waals surface area contributed by atoms with Crippen LogP contribution in [0.4, 0.5) is 0 Å². The summed E-state index contributed by atoms with van der Waals surface area (Å²) >= 11 is 0. The molecule has 1 atom stereocenters. The minimum atomic E-state index is -0.643. The summed E-state index contributed by atoms with van der Waals surface area (Å²) in [5.41, 5.74) is 2.96. The van der Waals surface area contributed by atoms with E-state index in [9.17, 15) is 14.7 Å². The van der Waals surface area contributed by atoms with Gasteiger partial charge in [-0.3, -0.25) is 9.59 Å². The number of rotatable bonds is 7. The molecule has 7 nitrogen and oxygen atoms in total. The lowest BCUT2D eigenvalue weighted by Crippen LogP contribution is -2.31. The molecule has 32 heavy (non-hydrogen) atoms. The van der Waals surface area contributed by atoms with E-state index in [1.807, 2.05) is 26.8 Å². The lowest BCUT2D eigenvalue weighted by Gasteiger charge is -2.25. The van der Waals surface area contributed by atoms with E-state index >= 15 is 0 Å². The second-order valence-electron chi connectivity index (χ2n) is 8.04. The Morgan fingerprint density at radius 2 is 1.94 bits per heavy atom. The third-order valence-electron chi connectivity index (χ3n) is 5.76. The zero-order valence-corrected chi connectivity index (χ0v) is 18.7. The highest BCUT2D eigenvalue weighted by Crippen LogP contribution is 2.41. The van der Waals surface area contributed by atoms with E-state index in [2.05, 4.69) is 0 Å². The first kappa shape index (κ1) is 21.9. The average Bonchev–Trinajstić information content (AvgIpc) is 3.02. The van der Waals surface area contributed by atoms with Gasteiger partial charge in [-0.15, -0.1) is 0 Å². The number of ether oxygens (including phenoxy) is 2. The quantitative estimate of drug-likeness (QED) is 0.560. The molecule has 1 amide bonds. The van der Waals surface area contributed by atoms with Gasteiger partial charge in [-0.05, 0) is 62.1 Å². The predicted molar refractivity (Wildman–Crippen MR) is 121 cm³/mol. The van der Waals surface area contributed by atoms with Crippen molar-refractivity contribution in [3.63, 3.8) is 0 Å². The van der Waals surface area contributed by atoms with E-state index < -0.39 is 6.04 Å². The van der Waals surface area contributed by atoms with Gasteiger partial charge in [0.1, 0.15) is 5.58 Å². The number of fused-ring (bicyclic) bond motifs is 2. The maximum absolute atomic E-state index is 13.7. The Bertz CT molecular complexity index is 1250. The van der Waals surface area contributed by atoms with Crippen LogP contribution >= 0.6 is 0 Å².